The molecule has 0 aliphatic heterocycles. The lowest BCUT2D eigenvalue weighted by Gasteiger charge is -2.40. The third kappa shape index (κ3) is 6.46. The molecule has 0 radical (unpaired) electrons. The van der Waals surface area contributed by atoms with Gasteiger partial charge in [0.05, 0.1) is 12.3 Å². The molecule has 1 aliphatic rings. The van der Waals surface area contributed by atoms with Crippen molar-refractivity contribution in [1.82, 2.24) is 15.2 Å². The number of anilines is 1. The van der Waals surface area contributed by atoms with E-state index in [1.807, 2.05) is 19.9 Å². The number of amides is 1. The van der Waals surface area contributed by atoms with E-state index in [0.717, 1.165) is 49.2 Å². The van der Waals surface area contributed by atoms with E-state index >= 15 is 0 Å². The Morgan fingerprint density at radius 1 is 1.14 bits per heavy atom. The molecule has 0 bridgehead atoms. The fraction of sp³-hybridized carbons (Fsp3) is 0.556. The fourth-order valence-electron chi connectivity index (χ4n) is 5.22. The average molecular weight is 503 g/mol. The van der Waals surface area contributed by atoms with E-state index in [9.17, 15) is 9.59 Å². The summed E-state index contributed by atoms with van der Waals surface area (Å²) in [5.74, 6) is -0.248. The summed E-state index contributed by atoms with van der Waals surface area (Å²) in [6, 6.07) is 6.26. The second-order valence-corrected chi connectivity index (χ2v) is 10.1. The van der Waals surface area contributed by atoms with Crippen LogP contribution in [0.15, 0.2) is 23.0 Å². The molecule has 1 saturated carbocycles. The second kappa shape index (κ2) is 12.1. The summed E-state index contributed by atoms with van der Waals surface area (Å²) in [7, 11) is 5.88. The number of H-pyrrole nitrogens is 1. The van der Waals surface area contributed by atoms with Crippen molar-refractivity contribution >= 4 is 23.2 Å². The maximum atomic E-state index is 13.3. The van der Waals surface area contributed by atoms with Crippen molar-refractivity contribution in [1.29, 1.82) is 0 Å². The van der Waals surface area contributed by atoms with E-state index in [1.165, 1.54) is 6.07 Å². The molecular weight excluding hydrogens is 464 g/mol. The first kappa shape index (κ1) is 27.2. The minimum absolute atomic E-state index is 0.112. The molecule has 1 aliphatic carbocycles. The zero-order valence-electron chi connectivity index (χ0n) is 21.8. The molecule has 0 spiro atoms. The van der Waals surface area contributed by atoms with Crippen molar-refractivity contribution in [3.8, 4) is 0 Å². The third-order valence-electron chi connectivity index (χ3n) is 7.15. The van der Waals surface area contributed by atoms with E-state index in [1.54, 1.807) is 13.2 Å². The van der Waals surface area contributed by atoms with Gasteiger partial charge in [0.15, 0.2) is 5.43 Å². The van der Waals surface area contributed by atoms with E-state index in [4.69, 9.17) is 16.3 Å². The molecule has 0 saturated heterocycles. The molecule has 0 atom stereocenters. The highest BCUT2D eigenvalue weighted by molar-refractivity contribution is 6.31. The Balaban J connectivity index is 1.82. The van der Waals surface area contributed by atoms with Gasteiger partial charge in [0.2, 0.25) is 0 Å². The monoisotopic (exact) mass is 502 g/mol. The number of pyridine rings is 1. The summed E-state index contributed by atoms with van der Waals surface area (Å²) < 4.78 is 5.23. The number of aromatic amines is 1. The number of rotatable bonds is 9. The lowest BCUT2D eigenvalue weighted by atomic mass is 9.89. The van der Waals surface area contributed by atoms with Gasteiger partial charge in [0.1, 0.15) is 0 Å². The normalized spacial score (nSPS) is 18.1. The predicted molar refractivity (Wildman–Crippen MR) is 143 cm³/mol. The molecule has 2 N–H and O–H groups in total. The van der Waals surface area contributed by atoms with Crippen LogP contribution >= 0.6 is 11.6 Å². The lowest BCUT2D eigenvalue weighted by molar-refractivity contribution is 0.0949. The standard InChI is InChI=1S/C27H39ClN4O3/c1-7-32(21-10-8-20(9-11-21)31(4)5)25-14-19(28)13-22(18(25)3)27(34)29-15-23-24(16-35-6)30-17(2)12-26(23)33/h12-14,20-21H,7-11,15-16H2,1-6H3,(H,29,34)(H,30,33)/t20-,21-. The third-order valence-corrected chi connectivity index (χ3v) is 7.37. The quantitative estimate of drug-likeness (QED) is 0.530. The number of carbonyl (C=O) groups is 1. The summed E-state index contributed by atoms with van der Waals surface area (Å²) in [6.07, 6.45) is 4.55. The first-order valence-corrected chi connectivity index (χ1v) is 12.8. The van der Waals surface area contributed by atoms with Gasteiger partial charge in [-0.05, 0) is 78.2 Å². The maximum Gasteiger partial charge on any atom is 0.251 e. The van der Waals surface area contributed by atoms with Crippen LogP contribution in [-0.4, -0.2) is 55.6 Å². The highest BCUT2D eigenvalue weighted by atomic mass is 35.5. The van der Waals surface area contributed by atoms with Crippen molar-refractivity contribution in [3.05, 3.63) is 61.5 Å². The van der Waals surface area contributed by atoms with Crippen LogP contribution in [0.2, 0.25) is 5.02 Å². The molecule has 7 nitrogen and oxygen atoms in total. The predicted octanol–water partition coefficient (Wildman–Crippen LogP) is 4.42. The van der Waals surface area contributed by atoms with Crippen LogP contribution < -0.4 is 15.6 Å². The fourth-order valence-corrected chi connectivity index (χ4v) is 5.43. The Bertz CT molecular complexity index is 1090. The van der Waals surface area contributed by atoms with Crippen molar-refractivity contribution in [3.63, 3.8) is 0 Å². The van der Waals surface area contributed by atoms with Gasteiger partial charge < -0.3 is 24.8 Å². The Kier molecular flexibility index (Phi) is 9.39. The molecular formula is C27H39ClN4O3. The van der Waals surface area contributed by atoms with Gasteiger partial charge in [-0.1, -0.05) is 11.6 Å². The Hall–Kier alpha value is -2.35. The molecule has 1 heterocycles. The van der Waals surface area contributed by atoms with Crippen LogP contribution in [-0.2, 0) is 17.9 Å². The van der Waals surface area contributed by atoms with E-state index < -0.39 is 0 Å². The zero-order chi connectivity index (χ0) is 25.7. The number of aromatic nitrogens is 1. The van der Waals surface area contributed by atoms with Gasteiger partial charge in [-0.3, -0.25) is 9.59 Å². The highest BCUT2D eigenvalue weighted by Crippen LogP contribution is 2.34. The average Bonchev–Trinajstić information content (AvgIpc) is 2.81. The Morgan fingerprint density at radius 2 is 1.80 bits per heavy atom. The number of halogens is 1. The number of aryl methyl sites for hydroxylation is 1. The maximum absolute atomic E-state index is 13.3. The number of hydrogen-bond donors (Lipinski definition) is 2. The van der Waals surface area contributed by atoms with Crippen LogP contribution in [0.4, 0.5) is 5.69 Å². The lowest BCUT2D eigenvalue weighted by Crippen LogP contribution is -2.42. The molecule has 1 amide bonds. The van der Waals surface area contributed by atoms with Crippen molar-refractivity contribution in [2.24, 2.45) is 0 Å². The Labute approximate surface area is 213 Å². The summed E-state index contributed by atoms with van der Waals surface area (Å²) in [6.45, 7) is 7.18. The molecule has 192 valence electrons. The van der Waals surface area contributed by atoms with Crippen molar-refractivity contribution in [2.75, 3.05) is 32.6 Å². The number of hydrogen-bond acceptors (Lipinski definition) is 5. The number of nitrogens with one attached hydrogen (secondary N) is 2. The van der Waals surface area contributed by atoms with Gasteiger partial charge in [0.25, 0.3) is 5.91 Å². The number of carbonyl (C=O) groups excluding carboxylic acids is 1. The summed E-state index contributed by atoms with van der Waals surface area (Å²) in [4.78, 5) is 33.7. The highest BCUT2D eigenvalue weighted by Gasteiger charge is 2.28. The van der Waals surface area contributed by atoms with E-state index in [2.05, 4.69) is 41.1 Å². The van der Waals surface area contributed by atoms with Gasteiger partial charge in [0, 0.05) is 65.9 Å². The summed E-state index contributed by atoms with van der Waals surface area (Å²) in [5, 5.41) is 3.46. The van der Waals surface area contributed by atoms with Gasteiger partial charge in [-0.2, -0.15) is 0 Å². The minimum Gasteiger partial charge on any atom is -0.378 e. The second-order valence-electron chi connectivity index (χ2n) is 9.70. The van der Waals surface area contributed by atoms with Gasteiger partial charge in [-0.25, -0.2) is 0 Å². The van der Waals surface area contributed by atoms with Crippen LogP contribution in [0.5, 0.6) is 0 Å². The summed E-state index contributed by atoms with van der Waals surface area (Å²) >= 11 is 6.51. The first-order valence-electron chi connectivity index (χ1n) is 12.4. The van der Waals surface area contributed by atoms with Crippen LogP contribution in [0.25, 0.3) is 0 Å². The molecule has 1 aromatic carbocycles. The number of benzene rings is 1. The van der Waals surface area contributed by atoms with Crippen LogP contribution in [0.1, 0.15) is 65.5 Å². The van der Waals surface area contributed by atoms with E-state index in [-0.39, 0.29) is 24.5 Å². The minimum atomic E-state index is -0.248. The molecule has 8 heteroatoms. The molecule has 3 rings (SSSR count). The molecule has 0 unspecified atom stereocenters. The molecule has 1 aromatic heterocycles. The van der Waals surface area contributed by atoms with Crippen molar-refractivity contribution in [2.45, 2.75) is 71.7 Å². The van der Waals surface area contributed by atoms with E-state index in [0.29, 0.717) is 33.9 Å². The first-order chi connectivity index (χ1) is 16.7. The largest absolute Gasteiger partial charge is 0.378 e. The van der Waals surface area contributed by atoms with Crippen molar-refractivity contribution < 1.29 is 9.53 Å². The molecule has 2 aromatic rings. The topological polar surface area (TPSA) is 77.7 Å². The van der Waals surface area contributed by atoms with Crippen LogP contribution in [0, 0.1) is 13.8 Å². The zero-order valence-corrected chi connectivity index (χ0v) is 22.6. The summed E-state index contributed by atoms with van der Waals surface area (Å²) in [5.41, 5.74) is 4.24. The molecule has 35 heavy (non-hydrogen) atoms. The van der Waals surface area contributed by atoms with Crippen LogP contribution in [0.3, 0.4) is 0 Å². The SMILES string of the molecule is CCN(c1cc(Cl)cc(C(=O)NCc2c(COC)[nH]c(C)cc2=O)c1C)[C@H]1CC[C@H](N(C)C)CC1. The number of ether oxygens (including phenoxy) is 1. The van der Waals surface area contributed by atoms with Gasteiger partial charge >= 0.3 is 0 Å². The van der Waals surface area contributed by atoms with Gasteiger partial charge in [-0.15, -0.1) is 0 Å². The molecule has 1 fully saturated rings. The number of nitrogens with zero attached hydrogens (tertiary/aromatic N) is 2. The Morgan fingerprint density at radius 3 is 2.40 bits per heavy atom. The smallest absolute Gasteiger partial charge is 0.251 e. The number of methoxy groups -OCH3 is 1.